The van der Waals surface area contributed by atoms with Crippen LogP contribution in [0.1, 0.15) is 122 Å². The van der Waals surface area contributed by atoms with Crippen molar-refractivity contribution in [3.8, 4) is 0 Å². The van der Waals surface area contributed by atoms with Gasteiger partial charge in [0.2, 0.25) is 11.8 Å². The van der Waals surface area contributed by atoms with Gasteiger partial charge in [-0.1, -0.05) is 132 Å². The predicted octanol–water partition coefficient (Wildman–Crippen LogP) is 8.55. The van der Waals surface area contributed by atoms with Crippen LogP contribution in [0.3, 0.4) is 0 Å². The average molecular weight is 578 g/mol. The second kappa shape index (κ2) is 13.3. The SMILES string of the molecule is CCCCCCCCCCCCCOC(=O)c1ccccc1N1C(=O)[C@@H]2C3c4ccccc4C(c4ccccc43)[C@@H]2C1=O. The molecule has 0 N–H and O–H groups in total. The number of imide groups is 1. The zero-order valence-corrected chi connectivity index (χ0v) is 25.3. The number of ether oxygens (including phenoxy) is 1. The van der Waals surface area contributed by atoms with E-state index in [1.807, 2.05) is 24.3 Å². The van der Waals surface area contributed by atoms with Crippen molar-refractivity contribution in [3.05, 3.63) is 101 Å². The fraction of sp³-hybridized carbons (Fsp3) is 0.447. The minimum absolute atomic E-state index is 0.177. The van der Waals surface area contributed by atoms with Gasteiger partial charge in [-0.2, -0.15) is 0 Å². The van der Waals surface area contributed by atoms with Crippen LogP contribution in [0.25, 0.3) is 0 Å². The van der Waals surface area contributed by atoms with Gasteiger partial charge in [-0.05, 0) is 40.8 Å². The van der Waals surface area contributed by atoms with Gasteiger partial charge in [0.05, 0.1) is 29.7 Å². The van der Waals surface area contributed by atoms with Crippen LogP contribution in [0.15, 0.2) is 72.8 Å². The summed E-state index contributed by atoms with van der Waals surface area (Å²) < 4.78 is 5.67. The molecular weight excluding hydrogens is 534 g/mol. The van der Waals surface area contributed by atoms with E-state index >= 15 is 0 Å². The summed E-state index contributed by atoms with van der Waals surface area (Å²) in [7, 11) is 0. The average Bonchev–Trinajstić information content (AvgIpc) is 3.31. The minimum Gasteiger partial charge on any atom is -0.462 e. The molecule has 4 aliphatic rings. The maximum Gasteiger partial charge on any atom is 0.340 e. The highest BCUT2D eigenvalue weighted by molar-refractivity contribution is 6.25. The number of para-hydroxylation sites is 1. The quantitative estimate of drug-likeness (QED) is 0.109. The topological polar surface area (TPSA) is 63.7 Å². The number of unbranched alkanes of at least 4 members (excludes halogenated alkanes) is 10. The van der Waals surface area contributed by atoms with E-state index in [4.69, 9.17) is 4.74 Å². The van der Waals surface area contributed by atoms with E-state index in [2.05, 4.69) is 31.2 Å². The van der Waals surface area contributed by atoms with E-state index in [0.29, 0.717) is 12.3 Å². The summed E-state index contributed by atoms with van der Waals surface area (Å²) in [5, 5.41) is 0. The van der Waals surface area contributed by atoms with Crippen LogP contribution in [0.4, 0.5) is 5.69 Å². The number of amides is 2. The number of rotatable bonds is 14. The maximum atomic E-state index is 14.2. The first-order valence-electron chi connectivity index (χ1n) is 16.4. The Labute approximate surface area is 255 Å². The Morgan fingerprint density at radius 3 is 1.51 bits per heavy atom. The lowest BCUT2D eigenvalue weighted by molar-refractivity contribution is -0.122. The van der Waals surface area contributed by atoms with E-state index < -0.39 is 17.8 Å². The zero-order valence-electron chi connectivity index (χ0n) is 25.3. The van der Waals surface area contributed by atoms with Crippen molar-refractivity contribution in [2.45, 2.75) is 89.4 Å². The number of carbonyl (C=O) groups is 3. The standard InChI is InChI=1S/C38H43NO4/c1-2-3-4-5-6-7-8-9-10-11-18-25-43-38(42)30-23-16-17-24-31(30)39-36(40)34-32-26-19-12-13-20-27(26)33(35(34)37(39)41)29-22-15-14-21-28(29)32/h12-17,19-24,32-35H,2-11,18,25H2,1H3/t32?,33?,34-,35+. The Hall–Kier alpha value is -3.73. The maximum absolute atomic E-state index is 14.2. The molecule has 3 aromatic carbocycles. The molecule has 3 aliphatic carbocycles. The highest BCUT2D eigenvalue weighted by Gasteiger charge is 2.62. The lowest BCUT2D eigenvalue weighted by Gasteiger charge is -2.45. The number of carbonyl (C=O) groups excluding carboxylic acids is 3. The molecule has 0 radical (unpaired) electrons. The molecule has 1 fully saturated rings. The van der Waals surface area contributed by atoms with Crippen molar-refractivity contribution < 1.29 is 19.1 Å². The summed E-state index contributed by atoms with van der Waals surface area (Å²) >= 11 is 0. The smallest absolute Gasteiger partial charge is 0.340 e. The van der Waals surface area contributed by atoms with E-state index in [1.54, 1.807) is 24.3 Å². The first-order valence-corrected chi connectivity index (χ1v) is 16.4. The van der Waals surface area contributed by atoms with E-state index in [1.165, 1.54) is 56.3 Å². The first-order chi connectivity index (χ1) is 21.1. The van der Waals surface area contributed by atoms with Crippen molar-refractivity contribution in [2.24, 2.45) is 11.8 Å². The number of esters is 1. The molecular formula is C38H43NO4. The van der Waals surface area contributed by atoms with E-state index in [9.17, 15) is 14.4 Å². The summed E-state index contributed by atoms with van der Waals surface area (Å²) in [4.78, 5) is 42.9. The van der Waals surface area contributed by atoms with Gasteiger partial charge >= 0.3 is 5.97 Å². The molecule has 1 heterocycles. The lowest BCUT2D eigenvalue weighted by Crippen LogP contribution is -2.41. The zero-order chi connectivity index (χ0) is 29.8. The van der Waals surface area contributed by atoms with Crippen LogP contribution < -0.4 is 4.90 Å². The van der Waals surface area contributed by atoms with E-state index in [0.717, 1.165) is 41.5 Å². The number of hydrogen-bond donors (Lipinski definition) is 0. The van der Waals surface area contributed by atoms with Crippen molar-refractivity contribution in [2.75, 3.05) is 11.5 Å². The normalized spacial score (nSPS) is 21.5. The van der Waals surface area contributed by atoms with Gasteiger partial charge in [-0.3, -0.25) is 9.59 Å². The third kappa shape index (κ3) is 5.55. The fourth-order valence-electron chi connectivity index (χ4n) is 7.76. The third-order valence-electron chi connectivity index (χ3n) is 9.79. The largest absolute Gasteiger partial charge is 0.462 e. The monoisotopic (exact) mass is 577 g/mol. The molecule has 224 valence electrons. The highest BCUT2D eigenvalue weighted by atomic mass is 16.5. The molecule has 2 bridgehead atoms. The fourth-order valence-corrected chi connectivity index (χ4v) is 7.76. The molecule has 0 unspecified atom stereocenters. The molecule has 5 heteroatoms. The predicted molar refractivity (Wildman–Crippen MR) is 169 cm³/mol. The van der Waals surface area contributed by atoms with Gasteiger partial charge in [0.15, 0.2) is 0 Å². The molecule has 5 nitrogen and oxygen atoms in total. The molecule has 0 aromatic heterocycles. The summed E-state index contributed by atoms with van der Waals surface area (Å²) in [5.74, 6) is -2.24. The van der Waals surface area contributed by atoms with Crippen LogP contribution in [0, 0.1) is 11.8 Å². The minimum atomic E-state index is -0.484. The van der Waals surface area contributed by atoms with E-state index in [-0.39, 0.29) is 29.2 Å². The lowest BCUT2D eigenvalue weighted by atomic mass is 9.55. The van der Waals surface area contributed by atoms with Crippen LogP contribution in [-0.4, -0.2) is 24.4 Å². The molecule has 0 saturated carbocycles. The van der Waals surface area contributed by atoms with Crippen LogP contribution in [0.5, 0.6) is 0 Å². The number of hydrogen-bond acceptors (Lipinski definition) is 4. The van der Waals surface area contributed by atoms with Gasteiger partial charge in [0.1, 0.15) is 0 Å². The van der Waals surface area contributed by atoms with Gasteiger partial charge < -0.3 is 4.74 Å². The first kappa shape index (κ1) is 29.3. The van der Waals surface area contributed by atoms with Gasteiger partial charge in [0.25, 0.3) is 0 Å². The van der Waals surface area contributed by atoms with Gasteiger partial charge in [-0.25, -0.2) is 9.69 Å². The number of nitrogens with zero attached hydrogens (tertiary/aromatic N) is 1. The summed E-state index contributed by atoms with van der Waals surface area (Å²) in [6.45, 7) is 2.59. The molecule has 3 aromatic rings. The van der Waals surface area contributed by atoms with Gasteiger partial charge in [0, 0.05) is 11.8 Å². The van der Waals surface area contributed by atoms with Crippen LogP contribution in [-0.2, 0) is 14.3 Å². The highest BCUT2D eigenvalue weighted by Crippen LogP contribution is 2.61. The third-order valence-corrected chi connectivity index (χ3v) is 9.79. The molecule has 7 rings (SSSR count). The summed E-state index contributed by atoms with van der Waals surface area (Å²) in [5.41, 5.74) is 5.15. The Balaban J connectivity index is 1.10. The van der Waals surface area contributed by atoms with Crippen molar-refractivity contribution >= 4 is 23.5 Å². The molecule has 2 amide bonds. The van der Waals surface area contributed by atoms with Crippen LogP contribution in [0.2, 0.25) is 0 Å². The summed E-state index contributed by atoms with van der Waals surface area (Å²) in [6.07, 6.45) is 13.5. The number of anilines is 1. The van der Waals surface area contributed by atoms with Crippen molar-refractivity contribution in [1.29, 1.82) is 0 Å². The molecule has 1 saturated heterocycles. The molecule has 0 spiro atoms. The second-order valence-corrected chi connectivity index (χ2v) is 12.5. The molecule has 2 atom stereocenters. The van der Waals surface area contributed by atoms with Gasteiger partial charge in [-0.15, -0.1) is 0 Å². The second-order valence-electron chi connectivity index (χ2n) is 12.5. The Morgan fingerprint density at radius 1 is 0.605 bits per heavy atom. The Kier molecular flexibility index (Phi) is 9.06. The van der Waals surface area contributed by atoms with Crippen molar-refractivity contribution in [3.63, 3.8) is 0 Å². The molecule has 43 heavy (non-hydrogen) atoms. The number of benzene rings is 3. The molecule has 1 aliphatic heterocycles. The van der Waals surface area contributed by atoms with Crippen molar-refractivity contribution in [1.82, 2.24) is 0 Å². The summed E-state index contributed by atoms with van der Waals surface area (Å²) in [6, 6.07) is 23.3. The Morgan fingerprint density at radius 2 is 1.02 bits per heavy atom. The Bertz CT molecular complexity index is 1360. The van der Waals surface area contributed by atoms with Crippen LogP contribution >= 0.6 is 0 Å².